The van der Waals surface area contributed by atoms with Crippen molar-refractivity contribution >= 4 is 39.6 Å². The molecule has 3 rings (SSSR count). The molecule has 0 aliphatic rings. The lowest BCUT2D eigenvalue weighted by Gasteiger charge is -2.04. The number of amides is 2. The molecule has 0 saturated heterocycles. The smallest absolute Gasteiger partial charge is 0.261 e. The Labute approximate surface area is 172 Å². The van der Waals surface area contributed by atoms with Crippen LogP contribution in [0.15, 0.2) is 47.2 Å². The summed E-state index contributed by atoms with van der Waals surface area (Å²) in [4.78, 5) is 29.1. The topological polar surface area (TPSA) is 71.1 Å². The summed E-state index contributed by atoms with van der Waals surface area (Å²) in [6, 6.07) is 12.0. The molecular weight excluding hydrogens is 390 g/mol. The normalized spacial score (nSPS) is 10.6. The molecule has 0 unspecified atom stereocenters. The largest absolute Gasteiger partial charge is 0.351 e. The Bertz CT molecular complexity index is 902. The zero-order valence-electron chi connectivity index (χ0n) is 15.7. The highest BCUT2D eigenvalue weighted by Crippen LogP contribution is 2.25. The predicted molar refractivity (Wildman–Crippen MR) is 116 cm³/mol. The van der Waals surface area contributed by atoms with E-state index in [0.717, 1.165) is 17.7 Å². The standard InChI is InChI=1S/C21H23N3O2S2/c1-2-3-5-15-7-9-16(10-8-15)17-14-28-21(23-17)24-19(25)11-12-22-20(26)18-6-4-13-27-18/h4,6-10,13-14H,2-3,5,11-12H2,1H3,(H,22,26)(H,23,24,25). The lowest BCUT2D eigenvalue weighted by molar-refractivity contribution is -0.116. The molecule has 28 heavy (non-hydrogen) atoms. The van der Waals surface area contributed by atoms with E-state index in [0.29, 0.717) is 16.6 Å². The molecule has 7 heteroatoms. The van der Waals surface area contributed by atoms with Gasteiger partial charge in [-0.25, -0.2) is 4.98 Å². The fourth-order valence-electron chi connectivity index (χ4n) is 2.65. The van der Waals surface area contributed by atoms with Crippen molar-refractivity contribution in [2.24, 2.45) is 0 Å². The quantitative estimate of drug-likeness (QED) is 0.520. The van der Waals surface area contributed by atoms with E-state index in [1.807, 2.05) is 16.8 Å². The molecule has 0 bridgehead atoms. The highest BCUT2D eigenvalue weighted by atomic mass is 32.1. The van der Waals surface area contributed by atoms with Gasteiger partial charge in [0.1, 0.15) is 0 Å². The number of thiazole rings is 1. The van der Waals surface area contributed by atoms with Crippen LogP contribution in [0, 0.1) is 0 Å². The average molecular weight is 414 g/mol. The number of benzene rings is 1. The first kappa shape index (κ1) is 20.2. The number of anilines is 1. The lowest BCUT2D eigenvalue weighted by Crippen LogP contribution is -2.27. The summed E-state index contributed by atoms with van der Waals surface area (Å²) in [5, 5.41) is 9.90. The van der Waals surface area contributed by atoms with E-state index in [-0.39, 0.29) is 18.2 Å². The molecular formula is C21H23N3O2S2. The van der Waals surface area contributed by atoms with Crippen LogP contribution in [0.5, 0.6) is 0 Å². The summed E-state index contributed by atoms with van der Waals surface area (Å²) >= 11 is 2.78. The van der Waals surface area contributed by atoms with E-state index in [4.69, 9.17) is 0 Å². The SMILES string of the molecule is CCCCc1ccc(-c2csc(NC(=O)CCNC(=O)c3cccs3)n2)cc1. The first-order chi connectivity index (χ1) is 13.7. The second-order valence-electron chi connectivity index (χ2n) is 6.37. The number of unbranched alkanes of at least 4 members (excludes halogenated alkanes) is 1. The molecule has 2 heterocycles. The zero-order chi connectivity index (χ0) is 19.8. The summed E-state index contributed by atoms with van der Waals surface area (Å²) in [6.45, 7) is 2.48. The molecule has 2 amide bonds. The number of nitrogens with one attached hydrogen (secondary N) is 2. The lowest BCUT2D eigenvalue weighted by atomic mass is 10.1. The number of hydrogen-bond acceptors (Lipinski definition) is 5. The summed E-state index contributed by atoms with van der Waals surface area (Å²) in [6.07, 6.45) is 3.69. The minimum absolute atomic E-state index is 0.151. The van der Waals surface area contributed by atoms with Gasteiger partial charge in [0, 0.05) is 23.9 Å². The van der Waals surface area contributed by atoms with Crippen LogP contribution in [0.4, 0.5) is 5.13 Å². The number of rotatable bonds is 9. The minimum Gasteiger partial charge on any atom is -0.351 e. The molecule has 0 saturated carbocycles. The number of aryl methyl sites for hydroxylation is 1. The van der Waals surface area contributed by atoms with Crippen molar-refractivity contribution in [2.75, 3.05) is 11.9 Å². The highest BCUT2D eigenvalue weighted by molar-refractivity contribution is 7.14. The number of nitrogens with zero attached hydrogens (tertiary/aromatic N) is 1. The maximum Gasteiger partial charge on any atom is 0.261 e. The number of thiophene rings is 1. The summed E-state index contributed by atoms with van der Waals surface area (Å²) in [7, 11) is 0. The van der Waals surface area contributed by atoms with E-state index >= 15 is 0 Å². The Kier molecular flexibility index (Phi) is 7.33. The fourth-order valence-corrected chi connectivity index (χ4v) is 4.03. The maximum atomic E-state index is 12.1. The second kappa shape index (κ2) is 10.1. The van der Waals surface area contributed by atoms with Crippen molar-refractivity contribution in [2.45, 2.75) is 32.6 Å². The van der Waals surface area contributed by atoms with Crippen LogP contribution in [0.2, 0.25) is 0 Å². The molecule has 0 spiro atoms. The van der Waals surface area contributed by atoms with E-state index in [1.54, 1.807) is 6.07 Å². The third-order valence-electron chi connectivity index (χ3n) is 4.20. The van der Waals surface area contributed by atoms with Crippen molar-refractivity contribution in [3.05, 3.63) is 57.6 Å². The Morgan fingerprint density at radius 3 is 2.64 bits per heavy atom. The number of hydrogen-bond donors (Lipinski definition) is 2. The van der Waals surface area contributed by atoms with Gasteiger partial charge in [0.2, 0.25) is 5.91 Å². The van der Waals surface area contributed by atoms with E-state index < -0.39 is 0 Å². The number of aromatic nitrogens is 1. The van der Waals surface area contributed by atoms with Gasteiger partial charge in [-0.05, 0) is 29.9 Å². The number of carbonyl (C=O) groups is 2. The van der Waals surface area contributed by atoms with Gasteiger partial charge in [-0.3, -0.25) is 9.59 Å². The van der Waals surface area contributed by atoms with Crippen LogP contribution in [0.25, 0.3) is 11.3 Å². The van der Waals surface area contributed by atoms with Crippen LogP contribution in [0.1, 0.15) is 41.4 Å². The van der Waals surface area contributed by atoms with E-state index in [9.17, 15) is 9.59 Å². The zero-order valence-corrected chi connectivity index (χ0v) is 17.4. The van der Waals surface area contributed by atoms with Gasteiger partial charge in [0.25, 0.3) is 5.91 Å². The monoisotopic (exact) mass is 413 g/mol. The predicted octanol–water partition coefficient (Wildman–Crippen LogP) is 4.97. The van der Waals surface area contributed by atoms with Crippen molar-refractivity contribution in [3.8, 4) is 11.3 Å². The first-order valence-electron chi connectivity index (χ1n) is 9.32. The first-order valence-corrected chi connectivity index (χ1v) is 11.1. The summed E-state index contributed by atoms with van der Waals surface area (Å²) < 4.78 is 0. The van der Waals surface area contributed by atoms with Crippen LogP contribution >= 0.6 is 22.7 Å². The molecule has 146 valence electrons. The maximum absolute atomic E-state index is 12.1. The average Bonchev–Trinajstić information content (AvgIpc) is 3.39. The molecule has 0 radical (unpaired) electrons. The fraction of sp³-hybridized carbons (Fsp3) is 0.286. The van der Waals surface area contributed by atoms with Gasteiger partial charge in [-0.1, -0.05) is 43.7 Å². The van der Waals surface area contributed by atoms with Crippen molar-refractivity contribution in [1.82, 2.24) is 10.3 Å². The van der Waals surface area contributed by atoms with Crippen LogP contribution in [0.3, 0.4) is 0 Å². The van der Waals surface area contributed by atoms with Crippen LogP contribution in [-0.2, 0) is 11.2 Å². The van der Waals surface area contributed by atoms with Gasteiger partial charge < -0.3 is 10.6 Å². The Hall–Kier alpha value is -2.51. The van der Waals surface area contributed by atoms with Gasteiger partial charge in [-0.2, -0.15) is 0 Å². The summed E-state index contributed by atoms with van der Waals surface area (Å²) in [5.74, 6) is -0.316. The molecule has 0 aliphatic heterocycles. The van der Waals surface area contributed by atoms with Crippen LogP contribution < -0.4 is 10.6 Å². The molecule has 1 aromatic carbocycles. The molecule has 0 fully saturated rings. The van der Waals surface area contributed by atoms with Gasteiger partial charge in [0.15, 0.2) is 5.13 Å². The molecule has 2 N–H and O–H groups in total. The van der Waals surface area contributed by atoms with Gasteiger partial charge >= 0.3 is 0 Å². The highest BCUT2D eigenvalue weighted by Gasteiger charge is 2.10. The van der Waals surface area contributed by atoms with Gasteiger partial charge in [-0.15, -0.1) is 22.7 Å². The second-order valence-corrected chi connectivity index (χ2v) is 8.18. The third-order valence-corrected chi connectivity index (χ3v) is 5.83. The van der Waals surface area contributed by atoms with E-state index in [1.165, 1.54) is 41.1 Å². The summed E-state index contributed by atoms with van der Waals surface area (Å²) in [5.41, 5.74) is 3.23. The molecule has 2 aromatic heterocycles. The molecule has 0 atom stereocenters. The van der Waals surface area contributed by atoms with Crippen LogP contribution in [-0.4, -0.2) is 23.3 Å². The third kappa shape index (κ3) is 5.74. The van der Waals surface area contributed by atoms with Crippen molar-refractivity contribution in [1.29, 1.82) is 0 Å². The minimum atomic E-state index is -0.165. The Balaban J connectivity index is 1.47. The molecule has 5 nitrogen and oxygen atoms in total. The van der Waals surface area contributed by atoms with Gasteiger partial charge in [0.05, 0.1) is 10.6 Å². The number of carbonyl (C=O) groups excluding carboxylic acids is 2. The Morgan fingerprint density at radius 2 is 1.93 bits per heavy atom. The molecule has 3 aromatic rings. The molecule has 0 aliphatic carbocycles. The van der Waals surface area contributed by atoms with E-state index in [2.05, 4.69) is 46.8 Å². The van der Waals surface area contributed by atoms with Crippen molar-refractivity contribution in [3.63, 3.8) is 0 Å². The van der Waals surface area contributed by atoms with Crippen molar-refractivity contribution < 1.29 is 9.59 Å². The Morgan fingerprint density at radius 1 is 1.11 bits per heavy atom.